The van der Waals surface area contributed by atoms with Crippen molar-refractivity contribution in [3.63, 3.8) is 0 Å². The van der Waals surface area contributed by atoms with Crippen molar-refractivity contribution in [2.75, 3.05) is 0 Å². The van der Waals surface area contributed by atoms with E-state index in [9.17, 15) is 18.0 Å². The molecule has 0 bridgehead atoms. The van der Waals surface area contributed by atoms with E-state index in [4.69, 9.17) is 0 Å². The van der Waals surface area contributed by atoms with Crippen LogP contribution in [0.4, 0.5) is 13.2 Å². The predicted molar refractivity (Wildman–Crippen MR) is 70.7 cm³/mol. The number of carbonyl (C=O) groups is 1. The van der Waals surface area contributed by atoms with E-state index in [1.165, 1.54) is 13.0 Å². The Balaban J connectivity index is 2.23. The van der Waals surface area contributed by atoms with Gasteiger partial charge in [-0.1, -0.05) is 36.4 Å². The number of rotatable bonds is 3. The van der Waals surface area contributed by atoms with E-state index < -0.39 is 11.7 Å². The minimum absolute atomic E-state index is 0.178. The van der Waals surface area contributed by atoms with Crippen LogP contribution >= 0.6 is 0 Å². The van der Waals surface area contributed by atoms with Crippen LogP contribution in [0.3, 0.4) is 0 Å². The summed E-state index contributed by atoms with van der Waals surface area (Å²) in [6.07, 6.45) is -4.20. The molecule has 2 aromatic rings. The van der Waals surface area contributed by atoms with E-state index in [-0.39, 0.29) is 12.2 Å². The fourth-order valence-electron chi connectivity index (χ4n) is 2.03. The van der Waals surface area contributed by atoms with Crippen molar-refractivity contribution in [1.29, 1.82) is 0 Å². The fourth-order valence-corrected chi connectivity index (χ4v) is 2.03. The van der Waals surface area contributed by atoms with Gasteiger partial charge >= 0.3 is 6.18 Å². The molecule has 0 fully saturated rings. The summed E-state index contributed by atoms with van der Waals surface area (Å²) in [7, 11) is 0. The first-order valence-electron chi connectivity index (χ1n) is 6.13. The molecule has 0 spiro atoms. The summed E-state index contributed by atoms with van der Waals surface area (Å²) in [5.74, 6) is -0.178. The Kier molecular flexibility index (Phi) is 3.93. The number of aryl methyl sites for hydroxylation is 1. The van der Waals surface area contributed by atoms with Crippen molar-refractivity contribution < 1.29 is 18.0 Å². The highest BCUT2D eigenvalue weighted by molar-refractivity contribution is 5.98. The van der Waals surface area contributed by atoms with Crippen LogP contribution in [0.25, 0.3) is 0 Å². The minimum Gasteiger partial charge on any atom is -0.294 e. The summed E-state index contributed by atoms with van der Waals surface area (Å²) in [6.45, 7) is 1.52. The molecule has 4 heteroatoms. The monoisotopic (exact) mass is 278 g/mol. The molecule has 104 valence electrons. The molecule has 0 aliphatic carbocycles. The first-order chi connectivity index (χ1) is 9.38. The van der Waals surface area contributed by atoms with Crippen molar-refractivity contribution in [2.45, 2.75) is 19.5 Å². The van der Waals surface area contributed by atoms with E-state index in [0.717, 1.165) is 17.7 Å². The van der Waals surface area contributed by atoms with Crippen molar-refractivity contribution >= 4 is 5.78 Å². The van der Waals surface area contributed by atoms with Gasteiger partial charge in [0.05, 0.1) is 5.56 Å². The second kappa shape index (κ2) is 5.49. The van der Waals surface area contributed by atoms with Gasteiger partial charge in [-0.05, 0) is 30.2 Å². The minimum atomic E-state index is -4.38. The zero-order valence-electron chi connectivity index (χ0n) is 10.9. The SMILES string of the molecule is Cc1cc(C(F)(F)F)ccc1C(=O)Cc1ccccc1. The van der Waals surface area contributed by atoms with Gasteiger partial charge in [0.1, 0.15) is 0 Å². The zero-order chi connectivity index (χ0) is 14.8. The molecule has 0 saturated heterocycles. The molecule has 20 heavy (non-hydrogen) atoms. The lowest BCUT2D eigenvalue weighted by molar-refractivity contribution is -0.137. The van der Waals surface area contributed by atoms with Crippen LogP contribution in [-0.4, -0.2) is 5.78 Å². The number of ketones is 1. The maximum absolute atomic E-state index is 12.6. The highest BCUT2D eigenvalue weighted by Gasteiger charge is 2.30. The molecular weight excluding hydrogens is 265 g/mol. The number of hydrogen-bond donors (Lipinski definition) is 0. The topological polar surface area (TPSA) is 17.1 Å². The molecule has 0 radical (unpaired) electrons. The summed E-state index contributed by atoms with van der Waals surface area (Å²) in [4.78, 5) is 12.1. The Bertz CT molecular complexity index is 615. The second-order valence-corrected chi connectivity index (χ2v) is 4.61. The molecule has 0 aliphatic heterocycles. The lowest BCUT2D eigenvalue weighted by Gasteiger charge is -2.10. The van der Waals surface area contributed by atoms with Crippen molar-refractivity contribution in [3.05, 3.63) is 70.8 Å². The molecule has 2 aromatic carbocycles. The van der Waals surface area contributed by atoms with E-state index in [1.54, 1.807) is 0 Å². The average Bonchev–Trinajstić information content (AvgIpc) is 2.38. The lowest BCUT2D eigenvalue weighted by atomic mass is 9.97. The first kappa shape index (κ1) is 14.3. The molecular formula is C16H13F3O. The van der Waals surface area contributed by atoms with Gasteiger partial charge in [-0.3, -0.25) is 4.79 Å². The summed E-state index contributed by atoms with van der Waals surface area (Å²) in [5, 5.41) is 0. The Labute approximate surface area is 115 Å². The van der Waals surface area contributed by atoms with Gasteiger partial charge in [0.15, 0.2) is 5.78 Å². The van der Waals surface area contributed by atoms with Gasteiger partial charge < -0.3 is 0 Å². The van der Waals surface area contributed by atoms with Crippen LogP contribution < -0.4 is 0 Å². The molecule has 0 saturated carbocycles. The standard InChI is InChI=1S/C16H13F3O/c1-11-9-13(16(17,18)19)7-8-14(11)15(20)10-12-5-3-2-4-6-12/h2-9H,10H2,1H3. The van der Waals surface area contributed by atoms with Crippen molar-refractivity contribution in [2.24, 2.45) is 0 Å². The van der Waals surface area contributed by atoms with Crippen LogP contribution in [-0.2, 0) is 12.6 Å². The zero-order valence-corrected chi connectivity index (χ0v) is 10.9. The van der Waals surface area contributed by atoms with Crippen LogP contribution in [0.2, 0.25) is 0 Å². The number of hydrogen-bond acceptors (Lipinski definition) is 1. The Morgan fingerprint density at radius 1 is 1.05 bits per heavy atom. The van der Waals surface area contributed by atoms with Crippen LogP contribution in [0.15, 0.2) is 48.5 Å². The van der Waals surface area contributed by atoms with Gasteiger partial charge in [-0.25, -0.2) is 0 Å². The second-order valence-electron chi connectivity index (χ2n) is 4.61. The molecule has 0 unspecified atom stereocenters. The number of benzene rings is 2. The molecule has 0 amide bonds. The third-order valence-electron chi connectivity index (χ3n) is 3.06. The van der Waals surface area contributed by atoms with E-state index >= 15 is 0 Å². The molecule has 0 heterocycles. The van der Waals surface area contributed by atoms with E-state index in [0.29, 0.717) is 11.1 Å². The Morgan fingerprint density at radius 2 is 1.70 bits per heavy atom. The lowest BCUT2D eigenvalue weighted by Crippen LogP contribution is -2.09. The number of alkyl halides is 3. The summed E-state index contributed by atoms with van der Waals surface area (Å²) >= 11 is 0. The van der Waals surface area contributed by atoms with Gasteiger partial charge in [0.2, 0.25) is 0 Å². The van der Waals surface area contributed by atoms with Crippen molar-refractivity contribution in [1.82, 2.24) is 0 Å². The van der Waals surface area contributed by atoms with Crippen LogP contribution in [0.5, 0.6) is 0 Å². The number of halogens is 3. The highest BCUT2D eigenvalue weighted by Crippen LogP contribution is 2.30. The maximum Gasteiger partial charge on any atom is 0.416 e. The molecule has 1 nitrogen and oxygen atoms in total. The largest absolute Gasteiger partial charge is 0.416 e. The van der Waals surface area contributed by atoms with Gasteiger partial charge in [0.25, 0.3) is 0 Å². The number of Topliss-reactive ketones (excluding diaryl/α,β-unsaturated/α-hetero) is 1. The number of carbonyl (C=O) groups excluding carboxylic acids is 1. The Morgan fingerprint density at radius 3 is 2.25 bits per heavy atom. The molecule has 0 N–H and O–H groups in total. The van der Waals surface area contributed by atoms with Gasteiger partial charge in [-0.15, -0.1) is 0 Å². The quantitative estimate of drug-likeness (QED) is 0.759. The summed E-state index contributed by atoms with van der Waals surface area (Å²) in [5.41, 5.74) is 0.797. The maximum atomic E-state index is 12.6. The van der Waals surface area contributed by atoms with Gasteiger partial charge in [-0.2, -0.15) is 13.2 Å². The average molecular weight is 278 g/mol. The molecule has 0 aliphatic rings. The first-order valence-corrected chi connectivity index (χ1v) is 6.13. The summed E-state index contributed by atoms with van der Waals surface area (Å²) in [6, 6.07) is 12.3. The van der Waals surface area contributed by atoms with E-state index in [1.807, 2.05) is 30.3 Å². The van der Waals surface area contributed by atoms with Gasteiger partial charge in [0, 0.05) is 12.0 Å². The molecule has 0 aromatic heterocycles. The third-order valence-corrected chi connectivity index (χ3v) is 3.06. The van der Waals surface area contributed by atoms with Crippen molar-refractivity contribution in [3.8, 4) is 0 Å². The normalized spacial score (nSPS) is 11.4. The van der Waals surface area contributed by atoms with Crippen LogP contribution in [0, 0.1) is 6.92 Å². The molecule has 0 atom stereocenters. The Hall–Kier alpha value is -2.10. The van der Waals surface area contributed by atoms with E-state index in [2.05, 4.69) is 0 Å². The smallest absolute Gasteiger partial charge is 0.294 e. The highest BCUT2D eigenvalue weighted by atomic mass is 19.4. The third kappa shape index (κ3) is 3.26. The predicted octanol–water partition coefficient (Wildman–Crippen LogP) is 4.44. The summed E-state index contributed by atoms with van der Waals surface area (Å²) < 4.78 is 37.7. The van der Waals surface area contributed by atoms with Crippen LogP contribution in [0.1, 0.15) is 27.0 Å². The fraction of sp³-hybridized carbons (Fsp3) is 0.188. The molecule has 2 rings (SSSR count).